The van der Waals surface area contributed by atoms with Crippen molar-refractivity contribution in [3.63, 3.8) is 0 Å². The van der Waals surface area contributed by atoms with Gasteiger partial charge in [-0.15, -0.1) is 0 Å². The van der Waals surface area contributed by atoms with Crippen LogP contribution >= 0.6 is 11.6 Å². The molecule has 0 atom stereocenters. The van der Waals surface area contributed by atoms with Gasteiger partial charge in [-0.1, -0.05) is 23.7 Å². The minimum Gasteiger partial charge on any atom is -0.494 e. The third-order valence-corrected chi connectivity index (χ3v) is 5.38. The maximum absolute atomic E-state index is 10.6. The molecular formula is C25H26ClN5O2. The fraction of sp³-hybridized carbons (Fsp3) is 0.240. The van der Waals surface area contributed by atoms with Gasteiger partial charge in [-0.05, 0) is 56.7 Å². The van der Waals surface area contributed by atoms with Crippen LogP contribution in [0.2, 0.25) is 5.02 Å². The van der Waals surface area contributed by atoms with Crippen LogP contribution in [0.1, 0.15) is 36.5 Å². The number of halogens is 1. The van der Waals surface area contributed by atoms with E-state index in [4.69, 9.17) is 16.3 Å². The van der Waals surface area contributed by atoms with Crippen molar-refractivity contribution in [2.75, 3.05) is 12.4 Å². The summed E-state index contributed by atoms with van der Waals surface area (Å²) in [6, 6.07) is 15.2. The maximum Gasteiger partial charge on any atom is 0.227 e. The van der Waals surface area contributed by atoms with Gasteiger partial charge in [0, 0.05) is 29.4 Å². The van der Waals surface area contributed by atoms with Crippen LogP contribution in [0.5, 0.6) is 5.75 Å². The van der Waals surface area contributed by atoms with E-state index in [0.717, 1.165) is 28.3 Å². The molecule has 0 radical (unpaired) electrons. The van der Waals surface area contributed by atoms with E-state index >= 15 is 0 Å². The van der Waals surface area contributed by atoms with Gasteiger partial charge < -0.3 is 19.7 Å². The Kier molecular flexibility index (Phi) is 6.35. The lowest BCUT2D eigenvalue weighted by molar-refractivity contribution is 0.0737. The Balaban J connectivity index is 1.66. The summed E-state index contributed by atoms with van der Waals surface area (Å²) >= 11 is 6.01. The summed E-state index contributed by atoms with van der Waals surface area (Å²) in [4.78, 5) is 13.5. The molecule has 0 amide bonds. The number of anilines is 2. The van der Waals surface area contributed by atoms with Crippen LogP contribution in [-0.4, -0.2) is 31.7 Å². The number of hydrogen-bond donors (Lipinski definition) is 2. The smallest absolute Gasteiger partial charge is 0.227 e. The summed E-state index contributed by atoms with van der Waals surface area (Å²) in [5.41, 5.74) is 3.81. The topological polar surface area (TPSA) is 85.1 Å². The van der Waals surface area contributed by atoms with E-state index in [1.807, 2.05) is 66.2 Å². The first kappa shape index (κ1) is 22.8. The highest BCUT2D eigenvalue weighted by Crippen LogP contribution is 2.29. The third-order valence-electron chi connectivity index (χ3n) is 5.13. The van der Waals surface area contributed by atoms with Gasteiger partial charge in [0.15, 0.2) is 0 Å². The second-order valence-electron chi connectivity index (χ2n) is 8.36. The second kappa shape index (κ2) is 9.21. The molecule has 8 heteroatoms. The molecule has 0 saturated heterocycles. The minimum absolute atomic E-state index is 0.395. The van der Waals surface area contributed by atoms with Crippen LogP contribution in [-0.2, 0) is 12.0 Å². The van der Waals surface area contributed by atoms with Crippen molar-refractivity contribution in [2.24, 2.45) is 0 Å². The van der Waals surface area contributed by atoms with E-state index in [1.54, 1.807) is 27.3 Å². The van der Waals surface area contributed by atoms with Gasteiger partial charge in [0.25, 0.3) is 0 Å². The highest BCUT2D eigenvalue weighted by Gasteiger charge is 2.20. The zero-order valence-electron chi connectivity index (χ0n) is 19.0. The first-order valence-corrected chi connectivity index (χ1v) is 10.9. The first-order chi connectivity index (χ1) is 15.7. The Morgan fingerprint density at radius 2 is 1.85 bits per heavy atom. The van der Waals surface area contributed by atoms with Gasteiger partial charge in [0.1, 0.15) is 11.4 Å². The van der Waals surface area contributed by atoms with Crippen molar-refractivity contribution in [3.05, 3.63) is 88.7 Å². The van der Waals surface area contributed by atoms with Gasteiger partial charge in [0.05, 0.1) is 36.2 Å². The van der Waals surface area contributed by atoms with Crippen LogP contribution in [0.25, 0.3) is 5.69 Å². The SMILES string of the molecule is COc1cc(Nc2nc(Cc3ccc(Cl)cc3)cc(C(C)(C)O)n2)ccc1-n1cnc(C)c1. The Morgan fingerprint density at radius 3 is 2.48 bits per heavy atom. The van der Waals surface area contributed by atoms with Crippen LogP contribution < -0.4 is 10.1 Å². The number of aromatic nitrogens is 4. The molecule has 2 N–H and O–H groups in total. The van der Waals surface area contributed by atoms with Crippen LogP contribution in [0.4, 0.5) is 11.6 Å². The lowest BCUT2D eigenvalue weighted by Gasteiger charge is -2.19. The van der Waals surface area contributed by atoms with Gasteiger partial charge in [-0.25, -0.2) is 15.0 Å². The molecular weight excluding hydrogens is 438 g/mol. The van der Waals surface area contributed by atoms with Crippen molar-refractivity contribution >= 4 is 23.2 Å². The van der Waals surface area contributed by atoms with E-state index in [1.165, 1.54) is 0 Å². The van der Waals surface area contributed by atoms with E-state index in [0.29, 0.717) is 28.8 Å². The van der Waals surface area contributed by atoms with Gasteiger partial charge in [-0.2, -0.15) is 0 Å². The van der Waals surface area contributed by atoms with Crippen molar-refractivity contribution in [2.45, 2.75) is 32.8 Å². The summed E-state index contributed by atoms with van der Waals surface area (Å²) in [6.07, 6.45) is 4.27. The summed E-state index contributed by atoms with van der Waals surface area (Å²) in [5.74, 6) is 1.07. The van der Waals surface area contributed by atoms with Crippen molar-refractivity contribution in [3.8, 4) is 11.4 Å². The number of aliphatic hydroxyl groups is 1. The standard InChI is InChI=1S/C25H26ClN5O2/c1-16-14-31(15-27-16)21-10-9-19(12-22(21)33-4)28-24-29-20(13-23(30-24)25(2,3)32)11-17-5-7-18(26)8-6-17/h5-10,12-15,32H,11H2,1-4H3,(H,28,29,30). The molecule has 2 heterocycles. The molecule has 0 saturated carbocycles. The van der Waals surface area contributed by atoms with E-state index in [2.05, 4.69) is 20.3 Å². The molecule has 0 aliphatic rings. The molecule has 170 valence electrons. The normalized spacial score (nSPS) is 11.5. The lowest BCUT2D eigenvalue weighted by Crippen LogP contribution is -2.19. The number of methoxy groups -OCH3 is 1. The van der Waals surface area contributed by atoms with Gasteiger partial charge in [-0.3, -0.25) is 0 Å². The van der Waals surface area contributed by atoms with Crippen molar-refractivity contribution in [1.82, 2.24) is 19.5 Å². The summed E-state index contributed by atoms with van der Waals surface area (Å²) in [6.45, 7) is 5.35. The first-order valence-electron chi connectivity index (χ1n) is 10.5. The summed E-state index contributed by atoms with van der Waals surface area (Å²) in [5, 5.41) is 14.5. The Labute approximate surface area is 198 Å². The van der Waals surface area contributed by atoms with Crippen molar-refractivity contribution < 1.29 is 9.84 Å². The molecule has 0 spiro atoms. The highest BCUT2D eigenvalue weighted by molar-refractivity contribution is 6.30. The number of hydrogen-bond acceptors (Lipinski definition) is 6. The summed E-state index contributed by atoms with van der Waals surface area (Å²) in [7, 11) is 1.63. The number of nitrogens with zero attached hydrogens (tertiary/aromatic N) is 4. The molecule has 0 fully saturated rings. The molecule has 4 aromatic rings. The maximum atomic E-state index is 10.6. The van der Waals surface area contributed by atoms with E-state index in [-0.39, 0.29) is 0 Å². The number of ether oxygens (including phenoxy) is 1. The number of benzene rings is 2. The third kappa shape index (κ3) is 5.50. The molecule has 0 unspecified atom stereocenters. The monoisotopic (exact) mass is 463 g/mol. The molecule has 4 rings (SSSR count). The van der Waals surface area contributed by atoms with Crippen LogP contribution in [0, 0.1) is 6.92 Å². The predicted octanol–water partition coefficient (Wildman–Crippen LogP) is 5.19. The lowest BCUT2D eigenvalue weighted by atomic mass is 10.0. The average molecular weight is 464 g/mol. The highest BCUT2D eigenvalue weighted by atomic mass is 35.5. The van der Waals surface area contributed by atoms with Gasteiger partial charge in [0.2, 0.25) is 5.95 Å². The molecule has 2 aromatic heterocycles. The number of nitrogens with one attached hydrogen (secondary N) is 1. The fourth-order valence-electron chi connectivity index (χ4n) is 3.42. The Bertz CT molecular complexity index is 1260. The fourth-order valence-corrected chi connectivity index (χ4v) is 3.55. The van der Waals surface area contributed by atoms with Crippen LogP contribution in [0.15, 0.2) is 61.1 Å². The molecule has 7 nitrogen and oxygen atoms in total. The average Bonchev–Trinajstić information content (AvgIpc) is 3.20. The van der Waals surface area contributed by atoms with E-state index in [9.17, 15) is 5.11 Å². The second-order valence-corrected chi connectivity index (χ2v) is 8.80. The quantitative estimate of drug-likeness (QED) is 0.392. The van der Waals surface area contributed by atoms with E-state index < -0.39 is 5.60 Å². The molecule has 0 aliphatic heterocycles. The molecule has 0 aliphatic carbocycles. The number of imidazole rings is 1. The Hall–Kier alpha value is -3.42. The number of rotatable bonds is 7. The largest absolute Gasteiger partial charge is 0.494 e. The Morgan fingerprint density at radius 1 is 1.09 bits per heavy atom. The summed E-state index contributed by atoms with van der Waals surface area (Å²) < 4.78 is 7.51. The van der Waals surface area contributed by atoms with Gasteiger partial charge >= 0.3 is 0 Å². The predicted molar refractivity (Wildman–Crippen MR) is 130 cm³/mol. The zero-order chi connectivity index (χ0) is 23.6. The molecule has 33 heavy (non-hydrogen) atoms. The minimum atomic E-state index is -1.12. The molecule has 2 aromatic carbocycles. The molecule has 0 bridgehead atoms. The zero-order valence-corrected chi connectivity index (χ0v) is 19.8. The van der Waals surface area contributed by atoms with Crippen LogP contribution in [0.3, 0.4) is 0 Å². The number of aryl methyl sites for hydroxylation is 1. The van der Waals surface area contributed by atoms with Crippen molar-refractivity contribution in [1.29, 1.82) is 0 Å².